The number of halogens is 1. The summed E-state index contributed by atoms with van der Waals surface area (Å²) < 4.78 is 13.6. The number of rotatable bonds is 2. The maximum Gasteiger partial charge on any atom is 0.197 e. The van der Waals surface area contributed by atoms with E-state index in [0.717, 1.165) is 17.3 Å². The van der Waals surface area contributed by atoms with Crippen molar-refractivity contribution < 1.29 is 9.50 Å². The lowest BCUT2D eigenvalue weighted by molar-refractivity contribution is 0.468. The quantitative estimate of drug-likeness (QED) is 0.775. The van der Waals surface area contributed by atoms with Crippen LogP contribution in [0.25, 0.3) is 11.6 Å². The number of benzene rings is 1. The van der Waals surface area contributed by atoms with Gasteiger partial charge >= 0.3 is 0 Å². The Morgan fingerprint density at radius 3 is 2.68 bits per heavy atom. The lowest BCUT2D eigenvalue weighted by Gasteiger charge is -2.36. The van der Waals surface area contributed by atoms with Crippen molar-refractivity contribution in [1.82, 2.24) is 19.9 Å². The van der Waals surface area contributed by atoms with Crippen molar-refractivity contribution in [2.45, 2.75) is 19.4 Å². The molecule has 0 fully saturated rings. The molecule has 6 nitrogen and oxygen atoms in total. The fraction of sp³-hybridized carbons (Fsp3) is 0.222. The molecule has 1 unspecified atom stereocenters. The molecule has 1 N–H and O–H groups in total. The predicted molar refractivity (Wildman–Crippen MR) is 90.6 cm³/mol. The topological polar surface area (TPSA) is 75.0 Å². The number of fused-ring (bicyclic) bond motifs is 1. The van der Waals surface area contributed by atoms with Crippen LogP contribution < -0.4 is 4.90 Å². The highest BCUT2D eigenvalue weighted by Crippen LogP contribution is 2.34. The van der Waals surface area contributed by atoms with Crippen LogP contribution >= 0.6 is 0 Å². The summed E-state index contributed by atoms with van der Waals surface area (Å²) >= 11 is 0. The first kappa shape index (κ1) is 15.4. The summed E-state index contributed by atoms with van der Waals surface area (Å²) in [5.41, 5.74) is 2.57. The second-order valence-electron chi connectivity index (χ2n) is 5.96. The number of phenols is 1. The Bertz CT molecular complexity index is 898. The average molecular weight is 337 g/mol. The summed E-state index contributed by atoms with van der Waals surface area (Å²) in [4.78, 5) is 19.4. The monoisotopic (exact) mass is 337 g/mol. The summed E-state index contributed by atoms with van der Waals surface area (Å²) in [6, 6.07) is 5.80. The molecule has 1 aliphatic heterocycles. The van der Waals surface area contributed by atoms with Gasteiger partial charge in [0.15, 0.2) is 11.6 Å². The number of aromatic nitrogens is 4. The van der Waals surface area contributed by atoms with Gasteiger partial charge in [0.1, 0.15) is 11.6 Å². The number of hydrogen-bond acceptors (Lipinski definition) is 6. The van der Waals surface area contributed by atoms with Crippen molar-refractivity contribution in [3.8, 4) is 17.4 Å². The van der Waals surface area contributed by atoms with E-state index in [1.807, 2.05) is 11.8 Å². The molecule has 1 atom stereocenters. The van der Waals surface area contributed by atoms with E-state index < -0.39 is 5.82 Å². The second kappa shape index (κ2) is 6.08. The van der Waals surface area contributed by atoms with Gasteiger partial charge in [-0.25, -0.2) is 24.3 Å². The molecular weight excluding hydrogens is 321 g/mol. The lowest BCUT2D eigenvalue weighted by atomic mass is 9.98. The highest BCUT2D eigenvalue weighted by Gasteiger charge is 2.26. The van der Waals surface area contributed by atoms with Crippen LogP contribution in [0.2, 0.25) is 0 Å². The Balaban J connectivity index is 1.68. The average Bonchev–Trinajstić information content (AvgIpc) is 2.61. The van der Waals surface area contributed by atoms with Gasteiger partial charge in [0, 0.05) is 54.9 Å². The Hall–Kier alpha value is -3.09. The minimum absolute atomic E-state index is 0.0318. The highest BCUT2D eigenvalue weighted by atomic mass is 19.1. The third-order valence-electron chi connectivity index (χ3n) is 4.37. The van der Waals surface area contributed by atoms with Gasteiger partial charge in [-0.05, 0) is 19.1 Å². The zero-order valence-electron chi connectivity index (χ0n) is 13.6. The molecule has 25 heavy (non-hydrogen) atoms. The van der Waals surface area contributed by atoms with Crippen LogP contribution in [0.15, 0.2) is 42.9 Å². The van der Waals surface area contributed by atoms with E-state index >= 15 is 0 Å². The molecule has 126 valence electrons. The molecule has 0 aliphatic carbocycles. The van der Waals surface area contributed by atoms with Crippen molar-refractivity contribution in [3.63, 3.8) is 0 Å². The van der Waals surface area contributed by atoms with Gasteiger partial charge < -0.3 is 10.0 Å². The van der Waals surface area contributed by atoms with Crippen LogP contribution in [0.3, 0.4) is 0 Å². The number of nitrogens with zero attached hydrogens (tertiary/aromatic N) is 5. The van der Waals surface area contributed by atoms with E-state index in [4.69, 9.17) is 0 Å². The van der Waals surface area contributed by atoms with Crippen molar-refractivity contribution >= 4 is 5.69 Å². The molecular formula is C18H16FN5O. The van der Waals surface area contributed by atoms with E-state index in [2.05, 4.69) is 19.9 Å². The minimum Gasteiger partial charge on any atom is -0.508 e. The van der Waals surface area contributed by atoms with Crippen LogP contribution in [-0.4, -0.2) is 31.6 Å². The second-order valence-corrected chi connectivity index (χ2v) is 5.96. The third-order valence-corrected chi connectivity index (χ3v) is 4.37. The molecule has 0 saturated heterocycles. The summed E-state index contributed by atoms with van der Waals surface area (Å²) in [5, 5.41) is 9.66. The van der Waals surface area contributed by atoms with E-state index in [1.54, 1.807) is 30.7 Å². The summed E-state index contributed by atoms with van der Waals surface area (Å²) in [5.74, 6) is 0.459. The maximum absolute atomic E-state index is 13.6. The predicted octanol–water partition coefficient (Wildman–Crippen LogP) is 2.90. The first-order chi connectivity index (χ1) is 12.1. The zero-order chi connectivity index (χ0) is 17.4. The molecule has 0 amide bonds. The van der Waals surface area contributed by atoms with Gasteiger partial charge in [0.2, 0.25) is 0 Å². The van der Waals surface area contributed by atoms with Crippen LogP contribution in [0.1, 0.15) is 24.2 Å². The Kier molecular flexibility index (Phi) is 3.76. The number of hydrogen-bond donors (Lipinski definition) is 1. The number of phenolic OH excluding ortho intramolecular Hbond substituents is 1. The van der Waals surface area contributed by atoms with Crippen LogP contribution in [-0.2, 0) is 6.42 Å². The van der Waals surface area contributed by atoms with Crippen LogP contribution in [0, 0.1) is 5.82 Å². The Labute approximate surface area is 144 Å². The van der Waals surface area contributed by atoms with E-state index in [-0.39, 0.29) is 11.8 Å². The third kappa shape index (κ3) is 2.88. The normalized spacial score (nSPS) is 16.6. The minimum atomic E-state index is -0.458. The summed E-state index contributed by atoms with van der Waals surface area (Å²) in [7, 11) is 0. The Morgan fingerprint density at radius 1 is 1.12 bits per heavy atom. The molecule has 0 spiro atoms. The zero-order valence-corrected chi connectivity index (χ0v) is 13.6. The van der Waals surface area contributed by atoms with Crippen molar-refractivity contribution in [1.29, 1.82) is 0 Å². The SMILES string of the molecule is CC1c2cnc(-c3ncccn3)nc2CCN1c1cc(O)cc(F)c1. The van der Waals surface area contributed by atoms with Gasteiger partial charge in [0.05, 0.1) is 11.7 Å². The smallest absolute Gasteiger partial charge is 0.197 e. The first-order valence-corrected chi connectivity index (χ1v) is 8.01. The van der Waals surface area contributed by atoms with Crippen molar-refractivity contribution in [2.24, 2.45) is 0 Å². The fourth-order valence-electron chi connectivity index (χ4n) is 3.16. The van der Waals surface area contributed by atoms with Gasteiger partial charge in [-0.1, -0.05) is 0 Å². The van der Waals surface area contributed by atoms with Crippen LogP contribution in [0.4, 0.5) is 10.1 Å². The molecule has 2 aromatic heterocycles. The van der Waals surface area contributed by atoms with Gasteiger partial charge in [-0.2, -0.15) is 0 Å². The summed E-state index contributed by atoms with van der Waals surface area (Å²) in [6.45, 7) is 2.69. The number of anilines is 1. The molecule has 1 aliphatic rings. The molecule has 3 aromatic rings. The number of aromatic hydroxyl groups is 1. The lowest BCUT2D eigenvalue weighted by Crippen LogP contribution is -2.34. The molecule has 4 rings (SSSR count). The van der Waals surface area contributed by atoms with Crippen LogP contribution in [0.5, 0.6) is 5.75 Å². The molecule has 0 radical (unpaired) electrons. The maximum atomic E-state index is 13.6. The Morgan fingerprint density at radius 2 is 1.92 bits per heavy atom. The fourth-order valence-corrected chi connectivity index (χ4v) is 3.16. The van der Waals surface area contributed by atoms with Gasteiger partial charge in [-0.15, -0.1) is 0 Å². The molecule has 3 heterocycles. The molecule has 0 saturated carbocycles. The standard InChI is InChI=1S/C18H16FN5O/c1-11-15-10-22-18(17-20-4-2-5-21-17)23-16(15)3-6-24(11)13-7-12(19)8-14(25)9-13/h2,4-5,7-11,25H,3,6H2,1H3. The molecule has 0 bridgehead atoms. The highest BCUT2D eigenvalue weighted by molar-refractivity contribution is 5.55. The largest absolute Gasteiger partial charge is 0.508 e. The van der Waals surface area contributed by atoms with E-state index in [9.17, 15) is 9.50 Å². The van der Waals surface area contributed by atoms with E-state index in [1.165, 1.54) is 6.07 Å². The van der Waals surface area contributed by atoms with Gasteiger partial charge in [0.25, 0.3) is 0 Å². The van der Waals surface area contributed by atoms with Crippen molar-refractivity contribution in [3.05, 3.63) is 59.9 Å². The first-order valence-electron chi connectivity index (χ1n) is 8.01. The summed E-state index contributed by atoms with van der Waals surface area (Å²) in [6.07, 6.45) is 5.79. The van der Waals surface area contributed by atoms with Gasteiger partial charge in [-0.3, -0.25) is 0 Å². The van der Waals surface area contributed by atoms with Crippen molar-refractivity contribution in [2.75, 3.05) is 11.4 Å². The molecule has 1 aromatic carbocycles. The van der Waals surface area contributed by atoms with E-state index in [0.29, 0.717) is 30.3 Å². The molecule has 7 heteroatoms.